The van der Waals surface area contributed by atoms with E-state index in [0.717, 1.165) is 25.5 Å². The minimum Gasteiger partial charge on any atom is -0.303 e. The van der Waals surface area contributed by atoms with Crippen molar-refractivity contribution in [2.75, 3.05) is 0 Å². The normalized spacial score (nSPS) is 13.5. The molecule has 0 N–H and O–H groups in total. The van der Waals surface area contributed by atoms with Gasteiger partial charge in [-0.25, -0.2) is 0 Å². The van der Waals surface area contributed by atoms with Gasteiger partial charge in [0.25, 0.3) is 5.70 Å². The number of unbranched alkanes of at least 4 members (excludes halogenated alkanes) is 1. The average molecular weight is 355 g/mol. The highest BCUT2D eigenvalue weighted by Crippen LogP contribution is 2.02. The van der Waals surface area contributed by atoms with Gasteiger partial charge in [-0.05, 0) is 38.2 Å². The van der Waals surface area contributed by atoms with E-state index in [0.29, 0.717) is 19.3 Å². The summed E-state index contributed by atoms with van der Waals surface area (Å²) in [6.45, 7) is 2.11. The Balaban J connectivity index is 4.22. The van der Waals surface area contributed by atoms with E-state index in [1.807, 2.05) is 30.4 Å². The first-order valence-electron chi connectivity index (χ1n) is 8.95. The zero-order valence-electron chi connectivity index (χ0n) is 15.5. The van der Waals surface area contributed by atoms with E-state index < -0.39 is 4.92 Å². The molecule has 140 valence electrons. The molecule has 0 aromatic carbocycles. The number of rotatable bonds is 14. The average Bonchev–Trinajstić information content (AvgIpc) is 2.63. The fourth-order valence-electron chi connectivity index (χ4n) is 1.82. The summed E-state index contributed by atoms with van der Waals surface area (Å²) in [5.74, 6) is 0. The van der Waals surface area contributed by atoms with Gasteiger partial charge in [-0.1, -0.05) is 73.8 Å². The van der Waals surface area contributed by atoms with Crippen molar-refractivity contribution in [2.45, 2.75) is 45.4 Å². The van der Waals surface area contributed by atoms with Crippen LogP contribution in [-0.4, -0.2) is 11.2 Å². The maximum atomic E-state index is 11.0. The highest BCUT2D eigenvalue weighted by Gasteiger charge is 2.02. The van der Waals surface area contributed by atoms with Gasteiger partial charge < -0.3 is 4.79 Å². The van der Waals surface area contributed by atoms with Crippen molar-refractivity contribution in [3.8, 4) is 0 Å². The van der Waals surface area contributed by atoms with Crippen LogP contribution in [0.3, 0.4) is 0 Å². The molecule has 0 aliphatic carbocycles. The number of nitrogens with zero attached hydrogens (tertiary/aromatic N) is 1. The first-order chi connectivity index (χ1) is 12.7. The molecule has 0 bridgehead atoms. The van der Waals surface area contributed by atoms with Crippen molar-refractivity contribution in [3.63, 3.8) is 0 Å². The molecule has 0 aromatic heterocycles. The molecule has 4 heteroatoms. The van der Waals surface area contributed by atoms with Gasteiger partial charge in [0.1, 0.15) is 6.29 Å². The summed E-state index contributed by atoms with van der Waals surface area (Å²) in [5, 5.41) is 11.0. The third-order valence-electron chi connectivity index (χ3n) is 3.14. The van der Waals surface area contributed by atoms with Gasteiger partial charge in [0.05, 0.1) is 4.92 Å². The molecule has 0 saturated carbocycles. The Hall–Kier alpha value is -2.75. The van der Waals surface area contributed by atoms with Crippen LogP contribution in [0.4, 0.5) is 0 Å². The number of allylic oxidation sites excluding steroid dienone is 13. The first-order valence-corrected chi connectivity index (χ1v) is 8.95. The summed E-state index contributed by atoms with van der Waals surface area (Å²) in [7, 11) is 0. The van der Waals surface area contributed by atoms with Crippen LogP contribution in [0.2, 0.25) is 0 Å². The number of hydrogen-bond acceptors (Lipinski definition) is 3. The van der Waals surface area contributed by atoms with Crippen molar-refractivity contribution in [3.05, 3.63) is 94.8 Å². The summed E-state index contributed by atoms with van der Waals surface area (Å²) >= 11 is 0. The van der Waals surface area contributed by atoms with Crippen LogP contribution in [0, 0.1) is 10.1 Å². The standard InChI is InChI=1S/C22H29NO3/c1-2-3-4-5-6-7-8-9-10-11-13-16-19-22(23(25)26)20-17-14-12-15-18-21-24/h3-4,6-7,9-14,16,19-21H,2,5,8,15,17-18H2,1H3/b4-3-,7-6-,10-9-,13-11-,14-12-,19-16-,22-20+. The van der Waals surface area contributed by atoms with Gasteiger partial charge in [0.2, 0.25) is 0 Å². The number of aldehydes is 1. The van der Waals surface area contributed by atoms with Gasteiger partial charge in [0.15, 0.2) is 0 Å². The van der Waals surface area contributed by atoms with Crippen LogP contribution in [0.5, 0.6) is 0 Å². The highest BCUT2D eigenvalue weighted by atomic mass is 16.6. The summed E-state index contributed by atoms with van der Waals surface area (Å²) in [5.41, 5.74) is 0.0572. The van der Waals surface area contributed by atoms with Gasteiger partial charge in [-0.3, -0.25) is 10.1 Å². The molecule has 4 nitrogen and oxygen atoms in total. The summed E-state index contributed by atoms with van der Waals surface area (Å²) in [6, 6.07) is 0. The smallest absolute Gasteiger partial charge is 0.265 e. The van der Waals surface area contributed by atoms with E-state index >= 15 is 0 Å². The van der Waals surface area contributed by atoms with E-state index in [-0.39, 0.29) is 5.70 Å². The van der Waals surface area contributed by atoms with Gasteiger partial charge in [-0.15, -0.1) is 0 Å². The van der Waals surface area contributed by atoms with Gasteiger partial charge in [-0.2, -0.15) is 0 Å². The van der Waals surface area contributed by atoms with Crippen molar-refractivity contribution >= 4 is 6.29 Å². The molecule has 0 heterocycles. The number of carbonyl (C=O) groups is 1. The molecule has 0 aromatic rings. The molecule has 0 aliphatic rings. The number of nitro groups is 1. The Morgan fingerprint density at radius 1 is 0.808 bits per heavy atom. The van der Waals surface area contributed by atoms with Crippen LogP contribution in [0.15, 0.2) is 84.7 Å². The Bertz CT molecular complexity index is 591. The summed E-state index contributed by atoms with van der Waals surface area (Å²) < 4.78 is 0. The van der Waals surface area contributed by atoms with Crippen molar-refractivity contribution in [1.29, 1.82) is 0 Å². The van der Waals surface area contributed by atoms with Crippen LogP contribution in [0.25, 0.3) is 0 Å². The number of hydrogen-bond donors (Lipinski definition) is 0. The maximum absolute atomic E-state index is 11.0. The molecule has 0 rings (SSSR count). The van der Waals surface area contributed by atoms with Crippen molar-refractivity contribution < 1.29 is 9.72 Å². The van der Waals surface area contributed by atoms with Crippen LogP contribution >= 0.6 is 0 Å². The molecular formula is C22H29NO3. The SMILES string of the molecule is CC/C=C\C/C=C\C\C=C/C=C\C=C/C(=C\C/C=C\CCC=O)[N+](=O)[O-]. The van der Waals surface area contributed by atoms with E-state index in [1.165, 1.54) is 6.08 Å². The fraction of sp³-hybridized carbons (Fsp3) is 0.318. The Morgan fingerprint density at radius 2 is 1.46 bits per heavy atom. The molecular weight excluding hydrogens is 326 g/mol. The zero-order chi connectivity index (χ0) is 19.3. The molecule has 0 aliphatic heterocycles. The van der Waals surface area contributed by atoms with E-state index in [1.54, 1.807) is 18.2 Å². The Morgan fingerprint density at radius 3 is 2.15 bits per heavy atom. The third kappa shape index (κ3) is 16.1. The number of carbonyl (C=O) groups excluding carboxylic acids is 1. The Labute approximate surface area is 156 Å². The maximum Gasteiger partial charge on any atom is 0.265 e. The van der Waals surface area contributed by atoms with Gasteiger partial charge in [0, 0.05) is 12.5 Å². The second-order valence-electron chi connectivity index (χ2n) is 5.33. The molecule has 0 saturated heterocycles. The molecule has 0 atom stereocenters. The lowest BCUT2D eigenvalue weighted by molar-refractivity contribution is -0.419. The second-order valence-corrected chi connectivity index (χ2v) is 5.33. The molecule has 0 amide bonds. The van der Waals surface area contributed by atoms with Crippen molar-refractivity contribution in [1.82, 2.24) is 0 Å². The second kappa shape index (κ2) is 18.6. The largest absolute Gasteiger partial charge is 0.303 e. The summed E-state index contributed by atoms with van der Waals surface area (Å²) in [6.07, 6.45) is 29.8. The van der Waals surface area contributed by atoms with E-state index in [4.69, 9.17) is 0 Å². The molecule has 0 radical (unpaired) electrons. The fourth-order valence-corrected chi connectivity index (χ4v) is 1.82. The lowest BCUT2D eigenvalue weighted by atomic mass is 10.2. The van der Waals surface area contributed by atoms with Crippen molar-refractivity contribution in [2.24, 2.45) is 0 Å². The Kier molecular flexibility index (Phi) is 16.6. The van der Waals surface area contributed by atoms with Crippen LogP contribution < -0.4 is 0 Å². The summed E-state index contributed by atoms with van der Waals surface area (Å²) in [4.78, 5) is 20.7. The first kappa shape index (κ1) is 23.2. The molecule has 26 heavy (non-hydrogen) atoms. The highest BCUT2D eigenvalue weighted by molar-refractivity contribution is 5.49. The molecule has 0 unspecified atom stereocenters. The predicted molar refractivity (Wildman–Crippen MR) is 109 cm³/mol. The van der Waals surface area contributed by atoms with Gasteiger partial charge >= 0.3 is 0 Å². The predicted octanol–water partition coefficient (Wildman–Crippen LogP) is 6.04. The lowest BCUT2D eigenvalue weighted by Gasteiger charge is -1.89. The van der Waals surface area contributed by atoms with Crippen LogP contribution in [-0.2, 0) is 4.79 Å². The van der Waals surface area contributed by atoms with E-state index in [9.17, 15) is 14.9 Å². The molecule has 0 fully saturated rings. The monoisotopic (exact) mass is 355 g/mol. The minimum atomic E-state index is -0.406. The minimum absolute atomic E-state index is 0.0572. The third-order valence-corrected chi connectivity index (χ3v) is 3.14. The zero-order valence-corrected chi connectivity index (χ0v) is 15.5. The molecule has 0 spiro atoms. The lowest BCUT2D eigenvalue weighted by Crippen LogP contribution is -1.94. The van der Waals surface area contributed by atoms with Crippen LogP contribution in [0.1, 0.15) is 45.4 Å². The van der Waals surface area contributed by atoms with E-state index in [2.05, 4.69) is 31.2 Å². The quantitative estimate of drug-likeness (QED) is 0.0952. The topological polar surface area (TPSA) is 60.2 Å².